The highest BCUT2D eigenvalue weighted by Crippen LogP contribution is 1.86. The zero-order valence-electron chi connectivity index (χ0n) is 4.94. The Kier molecular flexibility index (Phi) is 3.08. The second kappa shape index (κ2) is 3.36. The Balaban J connectivity index is 3.64. The third-order valence-electron chi connectivity index (χ3n) is 0.859. The van der Waals surface area contributed by atoms with Gasteiger partial charge in [0.05, 0.1) is 0 Å². The molecule has 0 saturated carbocycles. The van der Waals surface area contributed by atoms with Crippen LogP contribution in [0.2, 0.25) is 0 Å². The summed E-state index contributed by atoms with van der Waals surface area (Å²) >= 11 is 0. The van der Waals surface area contributed by atoms with Gasteiger partial charge in [-0.25, -0.2) is 0 Å². The number of hydrogen-bond acceptors (Lipinski definition) is 2. The predicted molar refractivity (Wildman–Crippen MR) is 30.3 cm³/mol. The largest absolute Gasteiger partial charge is 0.291 e. The molecular formula is C6H9O2. The molecule has 0 unspecified atom stereocenters. The molecule has 1 radical (unpaired) electrons. The Hall–Kier alpha value is -0.660. The molecule has 0 atom stereocenters. The van der Waals surface area contributed by atoms with E-state index in [0.29, 0.717) is 6.42 Å². The van der Waals surface area contributed by atoms with Crippen LogP contribution in [0, 0.1) is 6.92 Å². The third kappa shape index (κ3) is 1.87. The van der Waals surface area contributed by atoms with Gasteiger partial charge in [0.25, 0.3) is 0 Å². The zero-order valence-corrected chi connectivity index (χ0v) is 4.94. The van der Waals surface area contributed by atoms with E-state index in [4.69, 9.17) is 0 Å². The molecule has 0 rings (SSSR count). The molecule has 0 aromatic rings. The average molecular weight is 113 g/mol. The Labute approximate surface area is 48.9 Å². The van der Waals surface area contributed by atoms with Crippen LogP contribution in [0.3, 0.4) is 0 Å². The lowest BCUT2D eigenvalue weighted by atomic mass is 10.2. The Bertz CT molecular complexity index is 91.1. The molecule has 8 heavy (non-hydrogen) atoms. The van der Waals surface area contributed by atoms with Crippen molar-refractivity contribution >= 4 is 11.6 Å². The molecular weight excluding hydrogens is 104 g/mol. The van der Waals surface area contributed by atoms with Crippen molar-refractivity contribution in [1.82, 2.24) is 0 Å². The van der Waals surface area contributed by atoms with E-state index in [0.717, 1.165) is 0 Å². The maximum absolute atomic E-state index is 10.4. The van der Waals surface area contributed by atoms with E-state index < -0.39 is 0 Å². The molecule has 2 heteroatoms. The SMILES string of the molecule is [CH2]CC(=O)C(=O)CC. The van der Waals surface area contributed by atoms with Crippen LogP contribution in [0.4, 0.5) is 0 Å². The summed E-state index contributed by atoms with van der Waals surface area (Å²) in [7, 11) is 0. The molecule has 0 saturated heterocycles. The second-order valence-electron chi connectivity index (χ2n) is 1.45. The van der Waals surface area contributed by atoms with Crippen LogP contribution >= 0.6 is 0 Å². The molecule has 0 aromatic heterocycles. The lowest BCUT2D eigenvalue weighted by molar-refractivity contribution is -0.135. The molecule has 0 N–H and O–H groups in total. The number of Topliss-reactive ketones (excluding diaryl/α,β-unsaturated/α-hetero) is 2. The summed E-state index contributed by atoms with van der Waals surface area (Å²) < 4.78 is 0. The first-order valence-electron chi connectivity index (χ1n) is 2.57. The van der Waals surface area contributed by atoms with E-state index in [-0.39, 0.29) is 18.0 Å². The van der Waals surface area contributed by atoms with Crippen molar-refractivity contribution in [2.45, 2.75) is 19.8 Å². The first-order valence-corrected chi connectivity index (χ1v) is 2.57. The quantitative estimate of drug-likeness (QED) is 0.506. The first kappa shape index (κ1) is 7.34. The molecule has 0 amide bonds. The standard InChI is InChI=1S/C6H9O2/c1-3-5(7)6(8)4-2/h1,3-4H2,2H3. The lowest BCUT2D eigenvalue weighted by Crippen LogP contribution is -2.09. The van der Waals surface area contributed by atoms with E-state index in [1.54, 1.807) is 6.92 Å². The molecule has 2 nitrogen and oxygen atoms in total. The third-order valence-corrected chi connectivity index (χ3v) is 0.859. The normalized spacial score (nSPS) is 8.75. The Morgan fingerprint density at radius 1 is 1.38 bits per heavy atom. The minimum Gasteiger partial charge on any atom is -0.291 e. The van der Waals surface area contributed by atoms with E-state index in [9.17, 15) is 9.59 Å². The van der Waals surface area contributed by atoms with Crippen molar-refractivity contribution in [1.29, 1.82) is 0 Å². The molecule has 0 spiro atoms. The minimum absolute atomic E-state index is 0.0900. The van der Waals surface area contributed by atoms with Crippen LogP contribution < -0.4 is 0 Å². The van der Waals surface area contributed by atoms with Crippen LogP contribution in [0.25, 0.3) is 0 Å². The second-order valence-corrected chi connectivity index (χ2v) is 1.45. The van der Waals surface area contributed by atoms with Gasteiger partial charge in [-0.3, -0.25) is 9.59 Å². The van der Waals surface area contributed by atoms with Gasteiger partial charge in [0.2, 0.25) is 0 Å². The topological polar surface area (TPSA) is 34.1 Å². The summed E-state index contributed by atoms with van der Waals surface area (Å²) in [4.78, 5) is 20.7. The van der Waals surface area contributed by atoms with Crippen molar-refractivity contribution in [2.24, 2.45) is 0 Å². The number of hydrogen-bond donors (Lipinski definition) is 0. The van der Waals surface area contributed by atoms with Crippen molar-refractivity contribution in [3.05, 3.63) is 6.92 Å². The van der Waals surface area contributed by atoms with Crippen molar-refractivity contribution < 1.29 is 9.59 Å². The molecule has 0 fully saturated rings. The molecule has 0 bridgehead atoms. The predicted octanol–water partition coefficient (Wildman–Crippen LogP) is 0.759. The highest BCUT2D eigenvalue weighted by molar-refractivity contribution is 6.37. The summed E-state index contributed by atoms with van der Waals surface area (Å²) in [5, 5.41) is 0. The van der Waals surface area contributed by atoms with Gasteiger partial charge in [-0.2, -0.15) is 0 Å². The lowest BCUT2D eigenvalue weighted by Gasteiger charge is -1.87. The monoisotopic (exact) mass is 113 g/mol. The fourth-order valence-electron chi connectivity index (χ4n) is 0.337. The average Bonchev–Trinajstić information content (AvgIpc) is 1.84. The van der Waals surface area contributed by atoms with Gasteiger partial charge in [-0.15, -0.1) is 0 Å². The molecule has 0 aromatic carbocycles. The number of carbonyl (C=O) groups is 2. The Morgan fingerprint density at radius 2 is 1.88 bits per heavy atom. The summed E-state index contributed by atoms with van der Waals surface area (Å²) in [5.74, 6) is -0.687. The fourth-order valence-corrected chi connectivity index (χ4v) is 0.337. The van der Waals surface area contributed by atoms with Gasteiger partial charge in [-0.1, -0.05) is 6.92 Å². The van der Waals surface area contributed by atoms with Crippen LogP contribution in [0.15, 0.2) is 0 Å². The van der Waals surface area contributed by atoms with E-state index in [2.05, 4.69) is 6.92 Å². The fraction of sp³-hybridized carbons (Fsp3) is 0.500. The molecule has 0 aliphatic heterocycles. The van der Waals surface area contributed by atoms with E-state index in [1.807, 2.05) is 0 Å². The maximum atomic E-state index is 10.4. The van der Waals surface area contributed by atoms with Crippen LogP contribution in [0.1, 0.15) is 19.8 Å². The smallest absolute Gasteiger partial charge is 0.198 e. The van der Waals surface area contributed by atoms with Gasteiger partial charge < -0.3 is 0 Å². The van der Waals surface area contributed by atoms with Crippen molar-refractivity contribution in [3.8, 4) is 0 Å². The number of carbonyl (C=O) groups excluding carboxylic acids is 2. The van der Waals surface area contributed by atoms with E-state index in [1.165, 1.54) is 0 Å². The van der Waals surface area contributed by atoms with Gasteiger partial charge in [-0.05, 0) is 6.92 Å². The highest BCUT2D eigenvalue weighted by Gasteiger charge is 2.05. The highest BCUT2D eigenvalue weighted by atomic mass is 16.2. The summed E-state index contributed by atoms with van der Waals surface area (Å²) in [5.41, 5.74) is 0. The molecule has 0 aliphatic carbocycles. The molecule has 45 valence electrons. The van der Waals surface area contributed by atoms with Crippen LogP contribution in [-0.2, 0) is 9.59 Å². The summed E-state index contributed by atoms with van der Waals surface area (Å²) in [6.07, 6.45) is 0.390. The van der Waals surface area contributed by atoms with E-state index >= 15 is 0 Å². The molecule has 0 aliphatic rings. The Morgan fingerprint density at radius 3 is 2.00 bits per heavy atom. The van der Waals surface area contributed by atoms with Gasteiger partial charge in [0.1, 0.15) is 0 Å². The van der Waals surface area contributed by atoms with Gasteiger partial charge in [0.15, 0.2) is 11.6 Å². The van der Waals surface area contributed by atoms with Gasteiger partial charge in [0, 0.05) is 12.8 Å². The van der Waals surface area contributed by atoms with Crippen LogP contribution in [0.5, 0.6) is 0 Å². The maximum Gasteiger partial charge on any atom is 0.198 e. The van der Waals surface area contributed by atoms with Gasteiger partial charge >= 0.3 is 0 Å². The minimum atomic E-state index is -0.368. The number of ketones is 2. The zero-order chi connectivity index (χ0) is 6.57. The molecule has 0 heterocycles. The summed E-state index contributed by atoms with van der Waals surface area (Å²) in [6.45, 7) is 4.95. The van der Waals surface area contributed by atoms with Crippen molar-refractivity contribution in [2.75, 3.05) is 0 Å². The first-order chi connectivity index (χ1) is 3.72. The summed E-state index contributed by atoms with van der Waals surface area (Å²) in [6, 6.07) is 0. The van der Waals surface area contributed by atoms with Crippen molar-refractivity contribution in [3.63, 3.8) is 0 Å². The number of rotatable bonds is 3. The van der Waals surface area contributed by atoms with Crippen LogP contribution in [-0.4, -0.2) is 11.6 Å².